The van der Waals surface area contributed by atoms with Gasteiger partial charge in [-0.1, -0.05) is 6.92 Å². The van der Waals surface area contributed by atoms with Crippen molar-refractivity contribution in [2.24, 2.45) is 0 Å². The van der Waals surface area contributed by atoms with Crippen molar-refractivity contribution in [2.75, 3.05) is 13.2 Å². The van der Waals surface area contributed by atoms with E-state index in [0.29, 0.717) is 0 Å². The van der Waals surface area contributed by atoms with E-state index in [-0.39, 0.29) is 13.0 Å². The molecule has 3 unspecified atom stereocenters. The second-order valence-electron chi connectivity index (χ2n) is 4.63. The molecule has 7 N–H and O–H groups in total. The summed E-state index contributed by atoms with van der Waals surface area (Å²) in [5.74, 6) is -4.06. The lowest BCUT2D eigenvalue weighted by atomic mass is 9.87. The van der Waals surface area contributed by atoms with Gasteiger partial charge in [-0.3, -0.25) is 9.59 Å². The lowest BCUT2D eigenvalue weighted by Gasteiger charge is -2.36. The van der Waals surface area contributed by atoms with Crippen LogP contribution in [-0.2, 0) is 19.1 Å². The third kappa shape index (κ3) is 7.66. The van der Waals surface area contributed by atoms with Crippen LogP contribution < -0.4 is 0 Å². The van der Waals surface area contributed by atoms with Crippen LogP contribution in [-0.4, -0.2) is 90.8 Å². The fourth-order valence-corrected chi connectivity index (χ4v) is 1.72. The Morgan fingerprint density at radius 1 is 1.00 bits per heavy atom. The minimum atomic E-state index is -2.00. The van der Waals surface area contributed by atoms with Crippen molar-refractivity contribution in [3.8, 4) is 0 Å². The molecule has 11 nitrogen and oxygen atoms in total. The Morgan fingerprint density at radius 2 is 1.46 bits per heavy atom. The van der Waals surface area contributed by atoms with Gasteiger partial charge in [0.25, 0.3) is 0 Å². The molecule has 0 saturated heterocycles. The van der Waals surface area contributed by atoms with Crippen LogP contribution >= 0.6 is 0 Å². The molecular weight excluding hydrogens is 332 g/mol. The fourth-order valence-electron chi connectivity index (χ4n) is 1.72. The van der Waals surface area contributed by atoms with Gasteiger partial charge in [-0.05, 0) is 13.3 Å². The number of rotatable bonds is 10. The Hall–Kier alpha value is -1.79. The number of hydrogen-bond donors (Lipinski definition) is 7. The van der Waals surface area contributed by atoms with Crippen LogP contribution in [0.2, 0.25) is 0 Å². The standard InChI is InChI=1S/C10H20O7.C3H4O4/c1-3-10(9(15)16,17-4-2)8(14)7(13)6(12)5-11;4-2(5)1-3(6)7/h6-8,11-14H,3-5H2,1-2H3,(H,15,16);1H2,(H,4,5)(H,6,7)/t6?,7?,8?,10-;/m1./s1. The van der Waals surface area contributed by atoms with E-state index >= 15 is 0 Å². The van der Waals surface area contributed by atoms with Crippen LogP contribution in [0.4, 0.5) is 0 Å². The molecule has 4 atom stereocenters. The Balaban J connectivity index is 0. The fraction of sp³-hybridized carbons (Fsp3) is 0.769. The van der Waals surface area contributed by atoms with Crippen molar-refractivity contribution < 1.29 is 54.9 Å². The van der Waals surface area contributed by atoms with Gasteiger partial charge in [-0.2, -0.15) is 0 Å². The number of aliphatic hydroxyl groups is 4. The first-order valence-corrected chi connectivity index (χ1v) is 6.96. The first-order chi connectivity index (χ1) is 11.0. The third-order valence-corrected chi connectivity index (χ3v) is 2.97. The smallest absolute Gasteiger partial charge is 0.338 e. The SMILES string of the molecule is CCO[C@@](CC)(C(=O)O)C(O)C(O)C(O)CO.O=C(O)CC(=O)O. The third-order valence-electron chi connectivity index (χ3n) is 2.97. The lowest BCUT2D eigenvalue weighted by molar-refractivity contribution is -0.204. The minimum Gasteiger partial charge on any atom is -0.481 e. The van der Waals surface area contributed by atoms with E-state index in [0.717, 1.165) is 0 Å². The maximum Gasteiger partial charge on any atom is 0.338 e. The Bertz CT molecular complexity index is 399. The quantitative estimate of drug-likeness (QED) is 0.211. The summed E-state index contributed by atoms with van der Waals surface area (Å²) in [4.78, 5) is 30.0. The molecule has 24 heavy (non-hydrogen) atoms. The molecule has 0 radical (unpaired) electrons. The topological polar surface area (TPSA) is 202 Å². The number of aliphatic hydroxyl groups excluding tert-OH is 4. The Kier molecular flexibility index (Phi) is 11.9. The molecule has 0 heterocycles. The summed E-state index contributed by atoms with van der Waals surface area (Å²) in [6.07, 6.45) is -6.17. The van der Waals surface area contributed by atoms with E-state index in [1.807, 2.05) is 0 Å². The number of aliphatic carboxylic acids is 3. The average Bonchev–Trinajstić information content (AvgIpc) is 2.49. The van der Waals surface area contributed by atoms with E-state index in [2.05, 4.69) is 0 Å². The van der Waals surface area contributed by atoms with Crippen molar-refractivity contribution in [1.82, 2.24) is 0 Å². The average molecular weight is 356 g/mol. The zero-order valence-corrected chi connectivity index (χ0v) is 13.3. The van der Waals surface area contributed by atoms with Gasteiger partial charge in [0.2, 0.25) is 0 Å². The zero-order chi connectivity index (χ0) is 19.5. The summed E-state index contributed by atoms with van der Waals surface area (Å²) in [5, 5.41) is 61.7. The van der Waals surface area contributed by atoms with Crippen molar-refractivity contribution in [2.45, 2.75) is 50.6 Å². The summed E-state index contributed by atoms with van der Waals surface area (Å²) in [5.41, 5.74) is -2.00. The van der Waals surface area contributed by atoms with Crippen molar-refractivity contribution in [3.63, 3.8) is 0 Å². The van der Waals surface area contributed by atoms with Crippen molar-refractivity contribution in [3.05, 3.63) is 0 Å². The number of carboxylic acid groups (broad SMARTS) is 3. The highest BCUT2D eigenvalue weighted by Crippen LogP contribution is 2.25. The van der Waals surface area contributed by atoms with Crippen LogP contribution in [0.25, 0.3) is 0 Å². The predicted octanol–water partition coefficient (Wildman–Crippen LogP) is -2.12. The molecule has 0 rings (SSSR count). The molecule has 0 aliphatic heterocycles. The van der Waals surface area contributed by atoms with Gasteiger partial charge in [-0.15, -0.1) is 0 Å². The van der Waals surface area contributed by atoms with Crippen molar-refractivity contribution in [1.29, 1.82) is 0 Å². The molecular formula is C13H24O11. The van der Waals surface area contributed by atoms with Crippen LogP contribution in [0.3, 0.4) is 0 Å². The molecule has 0 saturated carbocycles. The largest absolute Gasteiger partial charge is 0.481 e. The molecule has 0 fully saturated rings. The highest BCUT2D eigenvalue weighted by Gasteiger charge is 2.49. The maximum absolute atomic E-state index is 11.2. The van der Waals surface area contributed by atoms with E-state index < -0.39 is 54.8 Å². The summed E-state index contributed by atoms with van der Waals surface area (Å²) < 4.78 is 5.02. The van der Waals surface area contributed by atoms with E-state index in [4.69, 9.17) is 25.2 Å². The van der Waals surface area contributed by atoms with Crippen LogP contribution in [0, 0.1) is 0 Å². The van der Waals surface area contributed by atoms with Gasteiger partial charge in [0.15, 0.2) is 5.60 Å². The summed E-state index contributed by atoms with van der Waals surface area (Å²) in [7, 11) is 0. The molecule has 0 aromatic heterocycles. The highest BCUT2D eigenvalue weighted by atomic mass is 16.5. The minimum absolute atomic E-state index is 0.0269. The van der Waals surface area contributed by atoms with Crippen LogP contribution in [0.1, 0.15) is 26.7 Å². The molecule has 0 amide bonds. The summed E-state index contributed by atoms with van der Waals surface area (Å²) in [6, 6.07) is 0. The summed E-state index contributed by atoms with van der Waals surface area (Å²) >= 11 is 0. The lowest BCUT2D eigenvalue weighted by Crippen LogP contribution is -2.59. The highest BCUT2D eigenvalue weighted by molar-refractivity contribution is 5.88. The number of carboxylic acids is 3. The molecule has 0 aliphatic rings. The molecule has 0 bridgehead atoms. The molecule has 0 spiro atoms. The molecule has 0 aromatic carbocycles. The first-order valence-electron chi connectivity index (χ1n) is 6.96. The van der Waals surface area contributed by atoms with Crippen LogP contribution in [0.5, 0.6) is 0 Å². The van der Waals surface area contributed by atoms with Gasteiger partial charge in [-0.25, -0.2) is 4.79 Å². The number of hydrogen-bond acceptors (Lipinski definition) is 8. The van der Waals surface area contributed by atoms with Gasteiger partial charge in [0.05, 0.1) is 6.61 Å². The van der Waals surface area contributed by atoms with E-state index in [9.17, 15) is 29.7 Å². The number of ether oxygens (including phenoxy) is 1. The first kappa shape index (κ1) is 24.5. The Labute approximate surface area is 137 Å². The molecule has 0 aliphatic carbocycles. The zero-order valence-electron chi connectivity index (χ0n) is 13.3. The second kappa shape index (κ2) is 11.7. The molecule has 0 aromatic rings. The summed E-state index contributed by atoms with van der Waals surface area (Å²) in [6.45, 7) is 2.27. The monoisotopic (exact) mass is 356 g/mol. The number of carbonyl (C=O) groups is 3. The predicted molar refractivity (Wildman–Crippen MR) is 77.3 cm³/mol. The van der Waals surface area contributed by atoms with Gasteiger partial charge in [0.1, 0.15) is 24.7 Å². The van der Waals surface area contributed by atoms with E-state index in [1.165, 1.54) is 6.92 Å². The van der Waals surface area contributed by atoms with Gasteiger partial charge < -0.3 is 40.5 Å². The van der Waals surface area contributed by atoms with Gasteiger partial charge >= 0.3 is 17.9 Å². The normalized spacial score (nSPS) is 16.8. The van der Waals surface area contributed by atoms with Crippen LogP contribution in [0.15, 0.2) is 0 Å². The van der Waals surface area contributed by atoms with Crippen molar-refractivity contribution >= 4 is 17.9 Å². The molecule has 11 heteroatoms. The Morgan fingerprint density at radius 3 is 1.67 bits per heavy atom. The second-order valence-corrected chi connectivity index (χ2v) is 4.63. The van der Waals surface area contributed by atoms with Gasteiger partial charge in [0, 0.05) is 6.61 Å². The maximum atomic E-state index is 11.2. The van der Waals surface area contributed by atoms with E-state index in [1.54, 1.807) is 6.92 Å². The molecule has 142 valence electrons.